The van der Waals surface area contributed by atoms with Crippen LogP contribution in [-0.2, 0) is 0 Å². The first-order valence-electron chi connectivity index (χ1n) is 3.46. The molecule has 0 unspecified atom stereocenters. The average molecular weight is 228 g/mol. The lowest BCUT2D eigenvalue weighted by Gasteiger charge is -2.01. The topological polar surface area (TPSA) is 64.4 Å². The molecule has 0 bridgehead atoms. The SMILES string of the molecule is Cc1c(Br)cccc1N=C(N)N. The molecular weight excluding hydrogens is 218 g/mol. The van der Waals surface area contributed by atoms with Crippen molar-refractivity contribution in [3.63, 3.8) is 0 Å². The molecule has 0 atom stereocenters. The van der Waals surface area contributed by atoms with Crippen LogP contribution in [0.5, 0.6) is 0 Å². The van der Waals surface area contributed by atoms with Crippen LogP contribution in [0.4, 0.5) is 5.69 Å². The van der Waals surface area contributed by atoms with Crippen molar-refractivity contribution in [1.29, 1.82) is 0 Å². The number of rotatable bonds is 1. The molecule has 3 nitrogen and oxygen atoms in total. The number of guanidine groups is 1. The summed E-state index contributed by atoms with van der Waals surface area (Å²) in [4.78, 5) is 3.96. The lowest BCUT2D eigenvalue weighted by Crippen LogP contribution is -2.22. The van der Waals surface area contributed by atoms with Crippen LogP contribution in [0.2, 0.25) is 0 Å². The van der Waals surface area contributed by atoms with Crippen LogP contribution in [0, 0.1) is 6.92 Å². The van der Waals surface area contributed by atoms with Crippen molar-refractivity contribution in [2.24, 2.45) is 16.5 Å². The molecule has 64 valence electrons. The third kappa shape index (κ3) is 1.98. The minimum Gasteiger partial charge on any atom is -0.370 e. The molecule has 1 aromatic rings. The average Bonchev–Trinajstić information content (AvgIpc) is 1.98. The summed E-state index contributed by atoms with van der Waals surface area (Å²) >= 11 is 3.39. The van der Waals surface area contributed by atoms with Gasteiger partial charge in [0.15, 0.2) is 5.96 Å². The van der Waals surface area contributed by atoms with Gasteiger partial charge in [-0.1, -0.05) is 22.0 Å². The van der Waals surface area contributed by atoms with Gasteiger partial charge in [0.2, 0.25) is 0 Å². The minimum absolute atomic E-state index is 0.0798. The first-order chi connectivity index (χ1) is 5.61. The third-order valence-corrected chi connectivity index (χ3v) is 2.35. The van der Waals surface area contributed by atoms with Gasteiger partial charge in [0.05, 0.1) is 5.69 Å². The molecule has 1 aromatic carbocycles. The van der Waals surface area contributed by atoms with E-state index in [2.05, 4.69) is 20.9 Å². The summed E-state index contributed by atoms with van der Waals surface area (Å²) < 4.78 is 1.00. The Balaban J connectivity index is 3.17. The molecule has 0 amide bonds. The molecule has 4 N–H and O–H groups in total. The van der Waals surface area contributed by atoms with Gasteiger partial charge in [0.1, 0.15) is 0 Å². The van der Waals surface area contributed by atoms with Gasteiger partial charge in [-0.25, -0.2) is 4.99 Å². The molecule has 0 saturated carbocycles. The standard InChI is InChI=1S/C8H10BrN3/c1-5-6(9)3-2-4-7(5)12-8(10)11/h2-4H,1H3,(H4,10,11,12). The van der Waals surface area contributed by atoms with Gasteiger partial charge < -0.3 is 11.5 Å². The van der Waals surface area contributed by atoms with E-state index in [0.29, 0.717) is 0 Å². The summed E-state index contributed by atoms with van der Waals surface area (Å²) in [6.45, 7) is 1.95. The van der Waals surface area contributed by atoms with E-state index in [1.807, 2.05) is 25.1 Å². The second kappa shape index (κ2) is 3.58. The lowest BCUT2D eigenvalue weighted by molar-refractivity contribution is 1.34. The molecule has 0 spiro atoms. The van der Waals surface area contributed by atoms with Gasteiger partial charge in [-0.3, -0.25) is 0 Å². The van der Waals surface area contributed by atoms with Gasteiger partial charge in [0.25, 0.3) is 0 Å². The van der Waals surface area contributed by atoms with Crippen molar-refractivity contribution in [3.05, 3.63) is 28.2 Å². The Morgan fingerprint density at radius 1 is 1.42 bits per heavy atom. The van der Waals surface area contributed by atoms with E-state index in [-0.39, 0.29) is 5.96 Å². The second-order valence-corrected chi connectivity index (χ2v) is 3.27. The summed E-state index contributed by atoms with van der Waals surface area (Å²) in [7, 11) is 0. The predicted octanol–water partition coefficient (Wildman–Crippen LogP) is 1.66. The molecule has 12 heavy (non-hydrogen) atoms. The molecular formula is C8H10BrN3. The van der Waals surface area contributed by atoms with Crippen molar-refractivity contribution >= 4 is 27.6 Å². The smallest absolute Gasteiger partial charge is 0.191 e. The van der Waals surface area contributed by atoms with E-state index in [0.717, 1.165) is 15.7 Å². The maximum Gasteiger partial charge on any atom is 0.191 e. The summed E-state index contributed by atoms with van der Waals surface area (Å²) in [5, 5.41) is 0. The number of hydrogen-bond acceptors (Lipinski definition) is 1. The molecule has 0 aromatic heterocycles. The lowest BCUT2D eigenvalue weighted by atomic mass is 10.2. The quantitative estimate of drug-likeness (QED) is 0.567. The third-order valence-electron chi connectivity index (χ3n) is 1.49. The number of nitrogens with two attached hydrogens (primary N) is 2. The van der Waals surface area contributed by atoms with E-state index in [1.54, 1.807) is 0 Å². The molecule has 0 aliphatic heterocycles. The van der Waals surface area contributed by atoms with Crippen molar-refractivity contribution in [2.45, 2.75) is 6.92 Å². The van der Waals surface area contributed by atoms with Gasteiger partial charge >= 0.3 is 0 Å². The Morgan fingerprint density at radius 2 is 2.08 bits per heavy atom. The Labute approximate surface area is 79.6 Å². The monoisotopic (exact) mass is 227 g/mol. The normalized spacial score (nSPS) is 9.50. The molecule has 0 aliphatic rings. The first kappa shape index (κ1) is 9.06. The maximum atomic E-state index is 5.26. The summed E-state index contributed by atoms with van der Waals surface area (Å²) in [5.41, 5.74) is 12.3. The summed E-state index contributed by atoms with van der Waals surface area (Å²) in [6, 6.07) is 5.69. The molecule has 0 aliphatic carbocycles. The Hall–Kier alpha value is -1.03. The van der Waals surface area contributed by atoms with Crippen LogP contribution < -0.4 is 11.5 Å². The highest BCUT2D eigenvalue weighted by atomic mass is 79.9. The highest BCUT2D eigenvalue weighted by molar-refractivity contribution is 9.10. The number of nitrogens with zero attached hydrogens (tertiary/aromatic N) is 1. The molecule has 0 radical (unpaired) electrons. The predicted molar refractivity (Wildman–Crippen MR) is 54.3 cm³/mol. The van der Waals surface area contributed by atoms with Crippen molar-refractivity contribution < 1.29 is 0 Å². The first-order valence-corrected chi connectivity index (χ1v) is 4.25. The summed E-state index contributed by atoms with van der Waals surface area (Å²) in [5.74, 6) is 0.0798. The van der Waals surface area contributed by atoms with Gasteiger partial charge in [-0.15, -0.1) is 0 Å². The van der Waals surface area contributed by atoms with Crippen molar-refractivity contribution in [1.82, 2.24) is 0 Å². The number of aliphatic imine (C=N–C) groups is 1. The second-order valence-electron chi connectivity index (χ2n) is 2.42. The highest BCUT2D eigenvalue weighted by Gasteiger charge is 1.99. The van der Waals surface area contributed by atoms with Crippen LogP contribution in [0.1, 0.15) is 5.56 Å². The fraction of sp³-hybridized carbons (Fsp3) is 0.125. The van der Waals surface area contributed by atoms with Crippen LogP contribution >= 0.6 is 15.9 Å². The number of hydrogen-bond donors (Lipinski definition) is 2. The van der Waals surface area contributed by atoms with E-state index < -0.39 is 0 Å². The zero-order valence-electron chi connectivity index (χ0n) is 6.71. The van der Waals surface area contributed by atoms with Crippen LogP contribution in [0.25, 0.3) is 0 Å². The molecule has 4 heteroatoms. The zero-order chi connectivity index (χ0) is 9.14. The Kier molecular flexibility index (Phi) is 2.70. The number of halogens is 1. The van der Waals surface area contributed by atoms with Crippen LogP contribution in [0.15, 0.2) is 27.7 Å². The Morgan fingerprint density at radius 3 is 2.67 bits per heavy atom. The van der Waals surface area contributed by atoms with E-state index >= 15 is 0 Å². The summed E-state index contributed by atoms with van der Waals surface area (Å²) in [6.07, 6.45) is 0. The number of benzene rings is 1. The Bertz CT molecular complexity index is 316. The fourth-order valence-corrected chi connectivity index (χ4v) is 1.21. The van der Waals surface area contributed by atoms with Gasteiger partial charge in [-0.05, 0) is 24.6 Å². The van der Waals surface area contributed by atoms with E-state index in [1.165, 1.54) is 0 Å². The van der Waals surface area contributed by atoms with Crippen molar-refractivity contribution in [3.8, 4) is 0 Å². The maximum absolute atomic E-state index is 5.26. The minimum atomic E-state index is 0.0798. The van der Waals surface area contributed by atoms with E-state index in [9.17, 15) is 0 Å². The largest absolute Gasteiger partial charge is 0.370 e. The molecule has 0 saturated heterocycles. The molecule has 0 heterocycles. The fourth-order valence-electron chi connectivity index (χ4n) is 0.856. The van der Waals surface area contributed by atoms with Crippen molar-refractivity contribution in [2.75, 3.05) is 0 Å². The van der Waals surface area contributed by atoms with E-state index in [4.69, 9.17) is 11.5 Å². The zero-order valence-corrected chi connectivity index (χ0v) is 8.30. The van der Waals surface area contributed by atoms with Crippen LogP contribution in [0.3, 0.4) is 0 Å². The molecule has 1 rings (SSSR count). The highest BCUT2D eigenvalue weighted by Crippen LogP contribution is 2.25. The van der Waals surface area contributed by atoms with Gasteiger partial charge in [-0.2, -0.15) is 0 Å². The van der Waals surface area contributed by atoms with Gasteiger partial charge in [0, 0.05) is 4.47 Å². The molecule has 0 fully saturated rings. The van der Waals surface area contributed by atoms with Crippen LogP contribution in [-0.4, -0.2) is 5.96 Å².